The predicted molar refractivity (Wildman–Crippen MR) is 26.2 cm³/mol. The van der Waals surface area contributed by atoms with Crippen molar-refractivity contribution in [3.8, 4) is 0 Å². The molecule has 0 unspecified atom stereocenters. The Balaban J connectivity index is 3.06. The van der Waals surface area contributed by atoms with E-state index in [9.17, 15) is 0 Å². The maximum atomic E-state index is 4.85. The zero-order chi connectivity index (χ0) is 5.40. The highest BCUT2D eigenvalue weighted by atomic mass is 16.3. The zero-order valence-electron chi connectivity index (χ0n) is 3.96. The van der Waals surface area contributed by atoms with Crippen LogP contribution in [0.3, 0.4) is 0 Å². The van der Waals surface area contributed by atoms with Crippen LogP contribution in [-0.4, -0.2) is 15.4 Å². The number of rotatable bonds is 0. The normalized spacial score (nSPS) is 10.5. The molecule has 0 saturated heterocycles. The van der Waals surface area contributed by atoms with Crippen LogP contribution in [0.2, 0.25) is 0 Å². The first kappa shape index (κ1) is 3.65. The van der Waals surface area contributed by atoms with Crippen LogP contribution in [0.15, 0.2) is 16.7 Å². The van der Waals surface area contributed by atoms with Crippen LogP contribution in [0.4, 0.5) is 0 Å². The maximum absolute atomic E-state index is 4.85. The third-order valence-electron chi connectivity index (χ3n) is 0.947. The summed E-state index contributed by atoms with van der Waals surface area (Å²) in [7, 11) is 0. The summed E-state index contributed by atoms with van der Waals surface area (Å²) in [6, 6.07) is 1.75. The SMILES string of the molecule is c1cc2n[nH]nc2o1. The van der Waals surface area contributed by atoms with Crippen LogP contribution in [-0.2, 0) is 0 Å². The summed E-state index contributed by atoms with van der Waals surface area (Å²) in [6.45, 7) is 0. The lowest BCUT2D eigenvalue weighted by molar-refractivity contribution is 0.598. The number of furan rings is 1. The van der Waals surface area contributed by atoms with E-state index in [4.69, 9.17) is 4.42 Å². The van der Waals surface area contributed by atoms with Crippen molar-refractivity contribution in [3.63, 3.8) is 0 Å². The van der Waals surface area contributed by atoms with Gasteiger partial charge in [-0.2, -0.15) is 10.3 Å². The minimum Gasteiger partial charge on any atom is -0.444 e. The average molecular weight is 109 g/mol. The molecular weight excluding hydrogens is 106 g/mol. The minimum absolute atomic E-state index is 0.560. The lowest BCUT2D eigenvalue weighted by atomic mass is 10.6. The smallest absolute Gasteiger partial charge is 0.265 e. The highest BCUT2D eigenvalue weighted by Crippen LogP contribution is 2.05. The number of H-pyrrole nitrogens is 1. The fourth-order valence-electron chi connectivity index (χ4n) is 0.588. The van der Waals surface area contributed by atoms with Crippen molar-refractivity contribution in [3.05, 3.63) is 12.3 Å². The molecule has 0 amide bonds. The zero-order valence-corrected chi connectivity index (χ0v) is 3.96. The number of aromatic nitrogens is 3. The molecule has 2 aromatic rings. The summed E-state index contributed by atoms with van der Waals surface area (Å²) < 4.78 is 4.85. The fourth-order valence-corrected chi connectivity index (χ4v) is 0.588. The Morgan fingerprint density at radius 3 is 3.38 bits per heavy atom. The van der Waals surface area contributed by atoms with Gasteiger partial charge < -0.3 is 4.42 Å². The predicted octanol–water partition coefficient (Wildman–Crippen LogP) is 0.551. The van der Waals surface area contributed by atoms with Gasteiger partial charge in [-0.05, 0) is 0 Å². The van der Waals surface area contributed by atoms with Crippen molar-refractivity contribution in [1.82, 2.24) is 15.4 Å². The van der Waals surface area contributed by atoms with Crippen molar-refractivity contribution in [2.45, 2.75) is 0 Å². The van der Waals surface area contributed by atoms with E-state index < -0.39 is 0 Å². The summed E-state index contributed by atoms with van der Waals surface area (Å²) in [6.07, 6.45) is 1.55. The van der Waals surface area contributed by atoms with Crippen molar-refractivity contribution >= 4 is 11.2 Å². The van der Waals surface area contributed by atoms with Crippen LogP contribution < -0.4 is 0 Å². The number of fused-ring (bicyclic) bond motifs is 1. The molecule has 0 saturated carbocycles. The number of hydrogen-bond acceptors (Lipinski definition) is 3. The number of aromatic amines is 1. The average Bonchev–Trinajstić information content (AvgIpc) is 2.15. The molecule has 40 valence electrons. The quantitative estimate of drug-likeness (QED) is 0.537. The molecule has 0 spiro atoms. The first-order valence-electron chi connectivity index (χ1n) is 2.21. The van der Waals surface area contributed by atoms with E-state index in [1.807, 2.05) is 0 Å². The number of nitrogens with one attached hydrogen (secondary N) is 1. The second kappa shape index (κ2) is 1.09. The largest absolute Gasteiger partial charge is 0.444 e. The second-order valence-electron chi connectivity index (χ2n) is 1.43. The van der Waals surface area contributed by atoms with Gasteiger partial charge >= 0.3 is 0 Å². The van der Waals surface area contributed by atoms with Crippen LogP contribution in [0.25, 0.3) is 11.2 Å². The molecule has 8 heavy (non-hydrogen) atoms. The van der Waals surface area contributed by atoms with E-state index in [1.165, 1.54) is 0 Å². The van der Waals surface area contributed by atoms with Gasteiger partial charge in [-0.15, -0.1) is 5.10 Å². The van der Waals surface area contributed by atoms with Gasteiger partial charge in [0.15, 0.2) is 5.52 Å². The third-order valence-corrected chi connectivity index (χ3v) is 0.947. The van der Waals surface area contributed by atoms with Gasteiger partial charge in [0.1, 0.15) is 0 Å². The molecule has 0 aliphatic carbocycles. The molecule has 2 heterocycles. The van der Waals surface area contributed by atoms with Gasteiger partial charge in [-0.1, -0.05) is 0 Å². The Bertz CT molecular complexity index is 233. The van der Waals surface area contributed by atoms with Crippen LogP contribution >= 0.6 is 0 Å². The number of hydrogen-bond donors (Lipinski definition) is 1. The molecule has 0 aromatic carbocycles. The third kappa shape index (κ3) is 0.294. The first-order valence-corrected chi connectivity index (χ1v) is 2.21. The molecule has 4 nitrogen and oxygen atoms in total. The Labute approximate surface area is 44.5 Å². The topological polar surface area (TPSA) is 54.7 Å². The molecule has 4 heteroatoms. The minimum atomic E-state index is 0.560. The van der Waals surface area contributed by atoms with Gasteiger partial charge in [0.25, 0.3) is 5.71 Å². The second-order valence-corrected chi connectivity index (χ2v) is 1.43. The molecular formula is C4H3N3O. The fraction of sp³-hybridized carbons (Fsp3) is 0. The maximum Gasteiger partial charge on any atom is 0.265 e. The van der Waals surface area contributed by atoms with E-state index in [0.717, 1.165) is 5.52 Å². The van der Waals surface area contributed by atoms with Crippen molar-refractivity contribution in [2.75, 3.05) is 0 Å². The molecule has 0 fully saturated rings. The van der Waals surface area contributed by atoms with E-state index >= 15 is 0 Å². The molecule has 2 rings (SSSR count). The molecule has 2 aromatic heterocycles. The van der Waals surface area contributed by atoms with Crippen molar-refractivity contribution < 1.29 is 4.42 Å². The van der Waals surface area contributed by atoms with Crippen LogP contribution in [0.5, 0.6) is 0 Å². The lowest BCUT2D eigenvalue weighted by Crippen LogP contribution is -1.64. The van der Waals surface area contributed by atoms with Gasteiger partial charge in [-0.25, -0.2) is 0 Å². The highest BCUT2D eigenvalue weighted by molar-refractivity contribution is 5.66. The van der Waals surface area contributed by atoms with Gasteiger partial charge in [0, 0.05) is 6.07 Å². The summed E-state index contributed by atoms with van der Waals surface area (Å²) in [5.41, 5.74) is 1.33. The van der Waals surface area contributed by atoms with Gasteiger partial charge in [-0.3, -0.25) is 0 Å². The standard InChI is InChI=1S/C4H3N3O/c1-2-8-4-3(1)5-7-6-4/h1-2H,(H,5,6,7). The molecule has 0 aliphatic heterocycles. The molecule has 0 aliphatic rings. The molecule has 1 N–H and O–H groups in total. The van der Waals surface area contributed by atoms with Crippen molar-refractivity contribution in [2.24, 2.45) is 0 Å². The van der Waals surface area contributed by atoms with Gasteiger partial charge in [0.05, 0.1) is 6.26 Å². The van der Waals surface area contributed by atoms with Crippen LogP contribution in [0, 0.1) is 0 Å². The molecule has 0 bridgehead atoms. The molecule has 0 radical (unpaired) electrons. The van der Waals surface area contributed by atoms with E-state index in [2.05, 4.69) is 15.4 Å². The highest BCUT2D eigenvalue weighted by Gasteiger charge is 1.95. The monoisotopic (exact) mass is 109 g/mol. The first-order chi connectivity index (χ1) is 3.97. The molecule has 0 atom stereocenters. The Morgan fingerprint density at radius 2 is 2.50 bits per heavy atom. The summed E-state index contributed by atoms with van der Waals surface area (Å²) >= 11 is 0. The summed E-state index contributed by atoms with van der Waals surface area (Å²) in [4.78, 5) is 0. The van der Waals surface area contributed by atoms with E-state index in [1.54, 1.807) is 12.3 Å². The van der Waals surface area contributed by atoms with Gasteiger partial charge in [0.2, 0.25) is 0 Å². The van der Waals surface area contributed by atoms with Crippen LogP contribution in [0.1, 0.15) is 0 Å². The van der Waals surface area contributed by atoms with Crippen molar-refractivity contribution in [1.29, 1.82) is 0 Å². The number of nitrogens with zero attached hydrogens (tertiary/aromatic N) is 2. The summed E-state index contributed by atoms with van der Waals surface area (Å²) in [5.74, 6) is 0. The Kier molecular flexibility index (Phi) is 0.498. The lowest BCUT2D eigenvalue weighted by Gasteiger charge is -1.61. The Morgan fingerprint density at radius 1 is 1.50 bits per heavy atom. The van der Waals surface area contributed by atoms with E-state index in [-0.39, 0.29) is 0 Å². The Hall–Kier alpha value is -1.32. The summed E-state index contributed by atoms with van der Waals surface area (Å²) in [5, 5.41) is 9.85. The van der Waals surface area contributed by atoms with E-state index in [0.29, 0.717) is 5.71 Å².